The number of aryl methyl sites for hydroxylation is 1. The molecule has 0 spiro atoms. The maximum absolute atomic E-state index is 12.0. The molecule has 1 aromatic carbocycles. The summed E-state index contributed by atoms with van der Waals surface area (Å²) in [5.74, 6) is -1.12. The first-order chi connectivity index (χ1) is 8.97. The lowest BCUT2D eigenvalue weighted by Gasteiger charge is -2.21. The molecule has 1 unspecified atom stereocenters. The van der Waals surface area contributed by atoms with Gasteiger partial charge in [-0.1, -0.05) is 11.6 Å². The Balaban J connectivity index is 2.06. The molecule has 1 aliphatic rings. The van der Waals surface area contributed by atoms with Gasteiger partial charge < -0.3 is 5.32 Å². The van der Waals surface area contributed by atoms with Gasteiger partial charge in [0.1, 0.15) is 6.04 Å². The van der Waals surface area contributed by atoms with Crippen LogP contribution in [0, 0.1) is 6.92 Å². The van der Waals surface area contributed by atoms with E-state index in [4.69, 9.17) is 11.6 Å². The highest BCUT2D eigenvalue weighted by molar-refractivity contribution is 6.31. The second kappa shape index (κ2) is 5.40. The molecule has 1 saturated heterocycles. The molecule has 6 heteroatoms. The van der Waals surface area contributed by atoms with Crippen molar-refractivity contribution in [3.8, 4) is 0 Å². The third-order valence-electron chi connectivity index (χ3n) is 2.96. The normalized spacial score (nSPS) is 18.9. The zero-order chi connectivity index (χ0) is 14.0. The van der Waals surface area contributed by atoms with Gasteiger partial charge >= 0.3 is 0 Å². The van der Waals surface area contributed by atoms with E-state index in [9.17, 15) is 14.4 Å². The standard InChI is InChI=1S/C13H13ClN2O3/c1-7-6-8(2-3-9(7)14)12(18)15-10-4-5-11(17)16-13(10)19/h2-3,6,10H,4-5H2,1H3,(H,15,18)(H,16,17,19). The molecule has 1 aromatic rings. The predicted molar refractivity (Wildman–Crippen MR) is 69.8 cm³/mol. The van der Waals surface area contributed by atoms with Gasteiger partial charge in [0.15, 0.2) is 0 Å². The van der Waals surface area contributed by atoms with Crippen LogP contribution in [-0.4, -0.2) is 23.8 Å². The summed E-state index contributed by atoms with van der Waals surface area (Å²) in [5.41, 5.74) is 1.23. The summed E-state index contributed by atoms with van der Waals surface area (Å²) in [6.45, 7) is 1.80. The maximum atomic E-state index is 12.0. The van der Waals surface area contributed by atoms with Crippen LogP contribution in [0.4, 0.5) is 0 Å². The summed E-state index contributed by atoms with van der Waals surface area (Å²) in [6, 6.07) is 4.22. The average Bonchev–Trinajstić information content (AvgIpc) is 2.36. The molecule has 0 bridgehead atoms. The number of hydrogen-bond acceptors (Lipinski definition) is 3. The van der Waals surface area contributed by atoms with Crippen LogP contribution in [0.3, 0.4) is 0 Å². The Morgan fingerprint density at radius 2 is 2.16 bits per heavy atom. The molecule has 0 radical (unpaired) electrons. The van der Waals surface area contributed by atoms with Crippen molar-refractivity contribution in [2.75, 3.05) is 0 Å². The smallest absolute Gasteiger partial charge is 0.251 e. The van der Waals surface area contributed by atoms with E-state index in [1.54, 1.807) is 25.1 Å². The van der Waals surface area contributed by atoms with Crippen molar-refractivity contribution in [3.63, 3.8) is 0 Å². The van der Waals surface area contributed by atoms with E-state index in [1.165, 1.54) is 0 Å². The SMILES string of the molecule is Cc1cc(C(=O)NC2CCC(=O)NC2=O)ccc1Cl. The fourth-order valence-electron chi connectivity index (χ4n) is 1.86. The van der Waals surface area contributed by atoms with Crippen LogP contribution in [-0.2, 0) is 9.59 Å². The second-order valence-electron chi connectivity index (χ2n) is 4.44. The lowest BCUT2D eigenvalue weighted by Crippen LogP contribution is -2.52. The first-order valence-electron chi connectivity index (χ1n) is 5.88. The van der Waals surface area contributed by atoms with Gasteiger partial charge in [-0.25, -0.2) is 0 Å². The van der Waals surface area contributed by atoms with Crippen LogP contribution >= 0.6 is 11.6 Å². The van der Waals surface area contributed by atoms with Crippen molar-refractivity contribution in [2.24, 2.45) is 0 Å². The van der Waals surface area contributed by atoms with Crippen LogP contribution < -0.4 is 10.6 Å². The molecule has 3 amide bonds. The fourth-order valence-corrected chi connectivity index (χ4v) is 1.98. The summed E-state index contributed by atoms with van der Waals surface area (Å²) < 4.78 is 0. The summed E-state index contributed by atoms with van der Waals surface area (Å²) in [6.07, 6.45) is 0.555. The molecule has 5 nitrogen and oxygen atoms in total. The number of halogens is 1. The summed E-state index contributed by atoms with van der Waals surface area (Å²) in [4.78, 5) is 34.5. The molecular formula is C13H13ClN2O3. The number of benzene rings is 1. The summed E-state index contributed by atoms with van der Waals surface area (Å²) in [5, 5.41) is 5.38. The number of carbonyl (C=O) groups excluding carboxylic acids is 3. The van der Waals surface area contributed by atoms with Crippen LogP contribution in [0.25, 0.3) is 0 Å². The number of nitrogens with one attached hydrogen (secondary N) is 2. The van der Waals surface area contributed by atoms with Gasteiger partial charge in [-0.2, -0.15) is 0 Å². The molecule has 1 atom stereocenters. The number of amides is 3. The van der Waals surface area contributed by atoms with Crippen molar-refractivity contribution in [3.05, 3.63) is 34.3 Å². The minimum Gasteiger partial charge on any atom is -0.340 e. The molecular weight excluding hydrogens is 268 g/mol. The van der Waals surface area contributed by atoms with Crippen molar-refractivity contribution in [1.82, 2.24) is 10.6 Å². The molecule has 0 aromatic heterocycles. The number of hydrogen-bond donors (Lipinski definition) is 2. The van der Waals surface area contributed by atoms with Gasteiger partial charge in [0.25, 0.3) is 5.91 Å². The molecule has 19 heavy (non-hydrogen) atoms. The van der Waals surface area contributed by atoms with Gasteiger partial charge in [-0.05, 0) is 37.1 Å². The van der Waals surface area contributed by atoms with E-state index in [-0.39, 0.29) is 18.2 Å². The summed E-state index contributed by atoms with van der Waals surface area (Å²) in [7, 11) is 0. The zero-order valence-electron chi connectivity index (χ0n) is 10.3. The highest BCUT2D eigenvalue weighted by Gasteiger charge is 2.28. The van der Waals surface area contributed by atoms with E-state index < -0.39 is 11.9 Å². The van der Waals surface area contributed by atoms with Crippen LogP contribution in [0.15, 0.2) is 18.2 Å². The maximum Gasteiger partial charge on any atom is 0.251 e. The third-order valence-corrected chi connectivity index (χ3v) is 3.39. The van der Waals surface area contributed by atoms with Crippen LogP contribution in [0.1, 0.15) is 28.8 Å². The van der Waals surface area contributed by atoms with E-state index >= 15 is 0 Å². The topological polar surface area (TPSA) is 75.3 Å². The van der Waals surface area contributed by atoms with Gasteiger partial charge in [-0.15, -0.1) is 0 Å². The number of carbonyl (C=O) groups is 3. The molecule has 100 valence electrons. The van der Waals surface area contributed by atoms with Crippen molar-refractivity contribution in [1.29, 1.82) is 0 Å². The molecule has 2 rings (SSSR count). The first-order valence-corrected chi connectivity index (χ1v) is 6.26. The fraction of sp³-hybridized carbons (Fsp3) is 0.308. The monoisotopic (exact) mass is 280 g/mol. The Morgan fingerprint density at radius 3 is 2.79 bits per heavy atom. The molecule has 1 fully saturated rings. The Hall–Kier alpha value is -1.88. The van der Waals surface area contributed by atoms with E-state index in [1.807, 2.05) is 0 Å². The van der Waals surface area contributed by atoms with E-state index in [0.29, 0.717) is 17.0 Å². The third kappa shape index (κ3) is 3.12. The van der Waals surface area contributed by atoms with E-state index in [0.717, 1.165) is 5.56 Å². The zero-order valence-corrected chi connectivity index (χ0v) is 11.1. The number of rotatable bonds is 2. The second-order valence-corrected chi connectivity index (χ2v) is 4.85. The predicted octanol–water partition coefficient (Wildman–Crippen LogP) is 1.18. The lowest BCUT2D eigenvalue weighted by atomic mass is 10.1. The van der Waals surface area contributed by atoms with Crippen molar-refractivity contribution >= 4 is 29.3 Å². The van der Waals surface area contributed by atoms with Crippen LogP contribution in [0.5, 0.6) is 0 Å². The van der Waals surface area contributed by atoms with E-state index in [2.05, 4.69) is 10.6 Å². The van der Waals surface area contributed by atoms with Gasteiger partial charge in [0, 0.05) is 17.0 Å². The Morgan fingerprint density at radius 1 is 1.42 bits per heavy atom. The summed E-state index contributed by atoms with van der Waals surface area (Å²) >= 11 is 5.88. The minimum atomic E-state index is -0.666. The number of imide groups is 1. The molecule has 2 N–H and O–H groups in total. The van der Waals surface area contributed by atoms with Crippen molar-refractivity contribution < 1.29 is 14.4 Å². The highest BCUT2D eigenvalue weighted by atomic mass is 35.5. The Bertz CT molecular complexity index is 557. The number of piperidine rings is 1. The quantitative estimate of drug-likeness (QED) is 0.799. The molecule has 1 heterocycles. The Labute approximate surface area is 115 Å². The molecule has 0 saturated carbocycles. The molecule has 0 aliphatic carbocycles. The average molecular weight is 281 g/mol. The Kier molecular flexibility index (Phi) is 3.85. The van der Waals surface area contributed by atoms with Gasteiger partial charge in [-0.3, -0.25) is 19.7 Å². The highest BCUT2D eigenvalue weighted by Crippen LogP contribution is 2.16. The molecule has 1 aliphatic heterocycles. The van der Waals surface area contributed by atoms with Crippen LogP contribution in [0.2, 0.25) is 5.02 Å². The largest absolute Gasteiger partial charge is 0.340 e. The first kappa shape index (κ1) is 13.5. The van der Waals surface area contributed by atoms with Gasteiger partial charge in [0.05, 0.1) is 0 Å². The van der Waals surface area contributed by atoms with Crippen molar-refractivity contribution in [2.45, 2.75) is 25.8 Å². The van der Waals surface area contributed by atoms with Gasteiger partial charge in [0.2, 0.25) is 11.8 Å². The minimum absolute atomic E-state index is 0.232. The lowest BCUT2D eigenvalue weighted by molar-refractivity contribution is -0.134.